The largest absolute Gasteiger partial charge is 0.375 e. The first-order valence-corrected chi connectivity index (χ1v) is 11.4. The first-order chi connectivity index (χ1) is 13.7. The number of carbonyl (C=O) groups excluding carboxylic acids is 1. The van der Waals surface area contributed by atoms with E-state index in [1.165, 1.54) is 4.88 Å². The van der Waals surface area contributed by atoms with E-state index in [1.54, 1.807) is 0 Å². The molecule has 1 aromatic heterocycles. The molecular weight excluding hydrogens is 368 g/mol. The Hall–Kier alpha value is -1.69. The van der Waals surface area contributed by atoms with E-state index in [9.17, 15) is 9.90 Å². The topological polar surface area (TPSA) is 52.6 Å². The van der Waals surface area contributed by atoms with Crippen molar-refractivity contribution in [3.05, 3.63) is 58.3 Å². The molecule has 1 aliphatic heterocycles. The van der Waals surface area contributed by atoms with Crippen LogP contribution in [0.5, 0.6) is 0 Å². The maximum Gasteiger partial charge on any atom is 0.257 e. The van der Waals surface area contributed by atoms with Gasteiger partial charge in [0.2, 0.25) is 0 Å². The van der Waals surface area contributed by atoms with Gasteiger partial charge in [-0.15, -0.1) is 11.3 Å². The molecule has 0 bridgehead atoms. The van der Waals surface area contributed by atoms with E-state index in [1.807, 2.05) is 41.7 Å². The van der Waals surface area contributed by atoms with Gasteiger partial charge in [-0.05, 0) is 41.7 Å². The summed E-state index contributed by atoms with van der Waals surface area (Å²) in [7, 11) is 0. The quantitative estimate of drug-likeness (QED) is 0.787. The molecule has 2 N–H and O–H groups in total. The minimum absolute atomic E-state index is 0.0174. The van der Waals surface area contributed by atoms with Gasteiger partial charge in [-0.1, -0.05) is 49.2 Å². The van der Waals surface area contributed by atoms with Crippen molar-refractivity contribution in [3.8, 4) is 0 Å². The monoisotopic (exact) mass is 396 g/mol. The molecule has 2 aromatic rings. The summed E-state index contributed by atoms with van der Waals surface area (Å²) < 4.78 is 0. The molecule has 4 nitrogen and oxygen atoms in total. The summed E-state index contributed by atoms with van der Waals surface area (Å²) in [6.45, 7) is 3.10. The van der Waals surface area contributed by atoms with Crippen molar-refractivity contribution in [2.24, 2.45) is 17.8 Å². The molecule has 2 aliphatic carbocycles. The molecule has 5 heteroatoms. The molecule has 1 aromatic carbocycles. The average molecular weight is 397 g/mol. The van der Waals surface area contributed by atoms with Gasteiger partial charge in [-0.25, -0.2) is 0 Å². The van der Waals surface area contributed by atoms with Crippen LogP contribution in [0.25, 0.3) is 0 Å². The number of rotatable bonds is 6. The van der Waals surface area contributed by atoms with Gasteiger partial charge < -0.3 is 10.4 Å². The lowest BCUT2D eigenvalue weighted by atomic mass is 9.79. The SMILES string of the molecule is O=C(NC1C2CN(Cc3cccs3)CC21)C(O)(c1ccccc1)C1CCCC1. The normalized spacial score (nSPS) is 29.4. The summed E-state index contributed by atoms with van der Waals surface area (Å²) in [5, 5.41) is 17.0. The zero-order valence-electron chi connectivity index (χ0n) is 16.1. The average Bonchev–Trinajstić information content (AvgIpc) is 3.28. The molecule has 0 radical (unpaired) electrons. The maximum atomic E-state index is 13.3. The van der Waals surface area contributed by atoms with E-state index in [0.717, 1.165) is 50.9 Å². The number of nitrogens with one attached hydrogen (secondary N) is 1. The second-order valence-electron chi connectivity index (χ2n) is 8.71. The van der Waals surface area contributed by atoms with Gasteiger partial charge in [-0.2, -0.15) is 0 Å². The van der Waals surface area contributed by atoms with Crippen molar-refractivity contribution in [2.45, 2.75) is 43.9 Å². The van der Waals surface area contributed by atoms with Gasteiger partial charge in [0.05, 0.1) is 0 Å². The van der Waals surface area contributed by atoms with E-state index in [2.05, 4.69) is 27.7 Å². The number of piperidine rings is 1. The van der Waals surface area contributed by atoms with Gasteiger partial charge in [-0.3, -0.25) is 9.69 Å². The van der Waals surface area contributed by atoms with Crippen molar-refractivity contribution in [3.63, 3.8) is 0 Å². The third-order valence-corrected chi connectivity index (χ3v) is 7.89. The summed E-state index contributed by atoms with van der Waals surface area (Å²) in [6, 6.07) is 14.1. The van der Waals surface area contributed by atoms with Crippen molar-refractivity contribution in [1.82, 2.24) is 10.2 Å². The highest BCUT2D eigenvalue weighted by molar-refractivity contribution is 7.09. The van der Waals surface area contributed by atoms with Crippen molar-refractivity contribution >= 4 is 17.2 Å². The van der Waals surface area contributed by atoms with Crippen LogP contribution in [-0.4, -0.2) is 35.0 Å². The Kier molecular flexibility index (Phi) is 4.77. The van der Waals surface area contributed by atoms with E-state index in [-0.39, 0.29) is 17.9 Å². The predicted molar refractivity (Wildman–Crippen MR) is 111 cm³/mol. The van der Waals surface area contributed by atoms with Crippen molar-refractivity contribution in [2.75, 3.05) is 13.1 Å². The van der Waals surface area contributed by atoms with Crippen LogP contribution < -0.4 is 5.32 Å². The summed E-state index contributed by atoms with van der Waals surface area (Å²) in [4.78, 5) is 17.2. The van der Waals surface area contributed by atoms with Crippen LogP contribution in [0.4, 0.5) is 0 Å². The van der Waals surface area contributed by atoms with Crippen LogP contribution in [0.15, 0.2) is 47.8 Å². The summed E-state index contributed by atoms with van der Waals surface area (Å²) in [5.41, 5.74) is -0.657. The Morgan fingerprint density at radius 1 is 1.11 bits per heavy atom. The molecule has 2 saturated carbocycles. The zero-order valence-corrected chi connectivity index (χ0v) is 16.9. The number of thiophene rings is 1. The molecular formula is C23H28N2O2S. The van der Waals surface area contributed by atoms with Crippen LogP contribution in [0.2, 0.25) is 0 Å². The van der Waals surface area contributed by atoms with E-state index in [0.29, 0.717) is 11.8 Å². The maximum absolute atomic E-state index is 13.3. The van der Waals surface area contributed by atoms with Crippen molar-refractivity contribution < 1.29 is 9.90 Å². The van der Waals surface area contributed by atoms with E-state index >= 15 is 0 Å². The highest BCUT2D eigenvalue weighted by Crippen LogP contribution is 2.47. The van der Waals surface area contributed by atoms with Gasteiger partial charge in [0, 0.05) is 36.5 Å². The van der Waals surface area contributed by atoms with E-state index < -0.39 is 5.60 Å². The Bertz CT molecular complexity index is 806. The minimum Gasteiger partial charge on any atom is -0.375 e. The molecule has 3 unspecified atom stereocenters. The Morgan fingerprint density at radius 3 is 2.46 bits per heavy atom. The molecule has 3 fully saturated rings. The number of hydrogen-bond donors (Lipinski definition) is 2. The Balaban J connectivity index is 1.25. The van der Waals surface area contributed by atoms with Crippen LogP contribution in [-0.2, 0) is 16.9 Å². The number of likely N-dealkylation sites (tertiary alicyclic amines) is 1. The molecule has 1 amide bonds. The smallest absolute Gasteiger partial charge is 0.257 e. The summed E-state index contributed by atoms with van der Waals surface area (Å²) in [6.07, 6.45) is 4.04. The third-order valence-electron chi connectivity index (χ3n) is 7.03. The predicted octanol–water partition coefficient (Wildman–Crippen LogP) is 3.37. The van der Waals surface area contributed by atoms with Crippen LogP contribution >= 0.6 is 11.3 Å². The van der Waals surface area contributed by atoms with Crippen LogP contribution in [0.3, 0.4) is 0 Å². The first-order valence-electron chi connectivity index (χ1n) is 10.5. The molecule has 3 atom stereocenters. The highest BCUT2D eigenvalue weighted by Gasteiger charge is 2.58. The number of aliphatic hydroxyl groups is 1. The Labute approximate surface area is 170 Å². The molecule has 3 aliphatic rings. The molecule has 148 valence electrons. The van der Waals surface area contributed by atoms with E-state index in [4.69, 9.17) is 0 Å². The number of amides is 1. The standard InChI is InChI=1S/C23H28N2O2S/c26-22(23(27,17-9-4-5-10-17)16-7-2-1-3-8-16)24-21-19-14-25(15-20(19)21)13-18-11-6-12-28-18/h1-3,6-8,11-12,17,19-21,27H,4-5,9-10,13-15H2,(H,24,26). The fraction of sp³-hybridized carbons (Fsp3) is 0.522. The number of fused-ring (bicyclic) bond motifs is 1. The minimum atomic E-state index is -1.40. The fourth-order valence-corrected chi connectivity index (χ4v) is 6.18. The number of nitrogens with zero attached hydrogens (tertiary/aromatic N) is 1. The van der Waals surface area contributed by atoms with Gasteiger partial charge in [0.25, 0.3) is 5.91 Å². The first kappa shape index (κ1) is 18.3. The number of carbonyl (C=O) groups is 1. The molecule has 0 spiro atoms. The number of hydrogen-bond acceptors (Lipinski definition) is 4. The zero-order chi connectivity index (χ0) is 19.1. The molecule has 2 heterocycles. The number of benzene rings is 1. The van der Waals surface area contributed by atoms with Crippen molar-refractivity contribution in [1.29, 1.82) is 0 Å². The summed E-state index contributed by atoms with van der Waals surface area (Å²) >= 11 is 1.81. The van der Waals surface area contributed by atoms with Gasteiger partial charge in [0.1, 0.15) is 0 Å². The van der Waals surface area contributed by atoms with Gasteiger partial charge in [0.15, 0.2) is 5.60 Å². The third kappa shape index (κ3) is 3.19. The molecule has 1 saturated heterocycles. The summed E-state index contributed by atoms with van der Waals surface area (Å²) in [5.74, 6) is 0.902. The lowest BCUT2D eigenvalue weighted by molar-refractivity contribution is -0.147. The lowest BCUT2D eigenvalue weighted by Gasteiger charge is -2.33. The van der Waals surface area contributed by atoms with Crippen LogP contribution in [0.1, 0.15) is 36.1 Å². The second kappa shape index (κ2) is 7.29. The second-order valence-corrected chi connectivity index (χ2v) is 9.75. The van der Waals surface area contributed by atoms with Crippen LogP contribution in [0, 0.1) is 17.8 Å². The molecule has 28 heavy (non-hydrogen) atoms. The Morgan fingerprint density at radius 2 is 1.82 bits per heavy atom. The highest BCUT2D eigenvalue weighted by atomic mass is 32.1. The van der Waals surface area contributed by atoms with Gasteiger partial charge >= 0.3 is 0 Å². The lowest BCUT2D eigenvalue weighted by Crippen LogP contribution is -2.50. The molecule has 5 rings (SSSR count). The fourth-order valence-electron chi connectivity index (χ4n) is 5.43.